The van der Waals surface area contributed by atoms with E-state index in [0.29, 0.717) is 17.2 Å². The van der Waals surface area contributed by atoms with Gasteiger partial charge in [0.05, 0.1) is 22.2 Å². The maximum atomic E-state index is 12.6. The molecule has 3 heterocycles. The second-order valence-corrected chi connectivity index (χ2v) is 7.67. The number of thiazole rings is 1. The number of halogens is 2. The maximum absolute atomic E-state index is 12.6. The number of nitrogens with zero attached hydrogens (tertiary/aromatic N) is 5. The molecule has 2 aromatic carbocycles. The molecular weight excluding hydrogens is 410 g/mol. The SMILES string of the molecule is Nc1nc2cc(-c3cn(Cc4ccc(-c5nnc(C(F)F)o5)cc4)cn3)ccc2s1. The Morgan fingerprint density at radius 1 is 1.07 bits per heavy atom. The van der Waals surface area contributed by atoms with Gasteiger partial charge in [0, 0.05) is 23.9 Å². The van der Waals surface area contributed by atoms with Gasteiger partial charge in [0.25, 0.3) is 5.89 Å². The van der Waals surface area contributed by atoms with E-state index >= 15 is 0 Å². The lowest BCUT2D eigenvalue weighted by molar-refractivity contribution is 0.116. The van der Waals surface area contributed by atoms with Crippen molar-refractivity contribution < 1.29 is 13.2 Å². The molecule has 0 aliphatic heterocycles. The summed E-state index contributed by atoms with van der Waals surface area (Å²) in [6.07, 6.45) is 0.933. The summed E-state index contributed by atoms with van der Waals surface area (Å²) in [6, 6.07) is 13.2. The van der Waals surface area contributed by atoms with Crippen LogP contribution in [0.25, 0.3) is 32.9 Å². The zero-order valence-electron chi connectivity index (χ0n) is 15.4. The summed E-state index contributed by atoms with van der Waals surface area (Å²) >= 11 is 1.45. The molecule has 0 aliphatic rings. The molecule has 3 aromatic heterocycles. The van der Waals surface area contributed by atoms with Crippen molar-refractivity contribution in [3.63, 3.8) is 0 Å². The van der Waals surface area contributed by atoms with Gasteiger partial charge in [-0.2, -0.15) is 8.78 Å². The molecule has 5 rings (SSSR count). The van der Waals surface area contributed by atoms with E-state index in [4.69, 9.17) is 10.2 Å². The summed E-state index contributed by atoms with van der Waals surface area (Å²) < 4.78 is 33.2. The van der Waals surface area contributed by atoms with Crippen LogP contribution in [0.1, 0.15) is 17.9 Å². The van der Waals surface area contributed by atoms with Crippen molar-refractivity contribution in [3.8, 4) is 22.7 Å². The third kappa shape index (κ3) is 3.52. The minimum atomic E-state index is -2.78. The fourth-order valence-corrected chi connectivity index (χ4v) is 3.82. The van der Waals surface area contributed by atoms with E-state index in [9.17, 15) is 8.78 Å². The van der Waals surface area contributed by atoms with Crippen LogP contribution in [0, 0.1) is 0 Å². The van der Waals surface area contributed by atoms with Crippen LogP contribution in [0.15, 0.2) is 59.4 Å². The lowest BCUT2D eigenvalue weighted by Gasteiger charge is -2.03. The Morgan fingerprint density at radius 3 is 2.63 bits per heavy atom. The first-order valence-electron chi connectivity index (χ1n) is 8.94. The molecule has 0 unspecified atom stereocenters. The molecule has 0 radical (unpaired) electrons. The van der Waals surface area contributed by atoms with Gasteiger partial charge in [-0.3, -0.25) is 0 Å². The van der Waals surface area contributed by atoms with Gasteiger partial charge in [-0.05, 0) is 29.8 Å². The van der Waals surface area contributed by atoms with Crippen molar-refractivity contribution in [1.82, 2.24) is 24.7 Å². The van der Waals surface area contributed by atoms with Crippen molar-refractivity contribution in [2.24, 2.45) is 0 Å². The number of fused-ring (bicyclic) bond motifs is 1. The fraction of sp³-hybridized carbons (Fsp3) is 0.100. The van der Waals surface area contributed by atoms with Gasteiger partial charge >= 0.3 is 6.43 Å². The predicted molar refractivity (Wildman–Crippen MR) is 109 cm³/mol. The van der Waals surface area contributed by atoms with Gasteiger partial charge in [0.1, 0.15) is 0 Å². The first kappa shape index (κ1) is 18.4. The second-order valence-electron chi connectivity index (χ2n) is 6.61. The summed E-state index contributed by atoms with van der Waals surface area (Å²) in [6.45, 7) is 0.602. The Labute approximate surface area is 172 Å². The highest BCUT2D eigenvalue weighted by Gasteiger charge is 2.16. The number of nitrogens with two attached hydrogens (primary N) is 1. The Hall–Kier alpha value is -3.66. The van der Waals surface area contributed by atoms with Crippen LogP contribution >= 0.6 is 11.3 Å². The summed E-state index contributed by atoms with van der Waals surface area (Å²) in [7, 11) is 0. The van der Waals surface area contributed by atoms with Crippen molar-refractivity contribution in [1.29, 1.82) is 0 Å². The predicted octanol–water partition coefficient (Wildman–Crippen LogP) is 4.78. The minimum absolute atomic E-state index is 0.0693. The van der Waals surface area contributed by atoms with Gasteiger partial charge < -0.3 is 14.7 Å². The van der Waals surface area contributed by atoms with E-state index in [-0.39, 0.29) is 5.89 Å². The average Bonchev–Trinajstić information content (AvgIpc) is 3.47. The normalized spacial score (nSPS) is 11.6. The van der Waals surface area contributed by atoms with Crippen LogP contribution in [0.4, 0.5) is 13.9 Å². The molecule has 0 saturated carbocycles. The van der Waals surface area contributed by atoms with Crippen LogP contribution in [0.3, 0.4) is 0 Å². The third-order valence-corrected chi connectivity index (χ3v) is 5.39. The highest BCUT2D eigenvalue weighted by molar-refractivity contribution is 7.22. The Balaban J connectivity index is 1.33. The van der Waals surface area contributed by atoms with Crippen molar-refractivity contribution in [2.45, 2.75) is 13.0 Å². The van der Waals surface area contributed by atoms with E-state index < -0.39 is 12.3 Å². The van der Waals surface area contributed by atoms with Crippen LogP contribution in [-0.2, 0) is 6.54 Å². The van der Waals surface area contributed by atoms with E-state index in [1.165, 1.54) is 11.3 Å². The Kier molecular flexibility index (Phi) is 4.47. The van der Waals surface area contributed by atoms with Gasteiger partial charge in [0.2, 0.25) is 5.89 Å². The van der Waals surface area contributed by atoms with Gasteiger partial charge in [-0.15, -0.1) is 10.2 Å². The summed E-state index contributed by atoms with van der Waals surface area (Å²) in [5.74, 6) is -0.613. The fourth-order valence-electron chi connectivity index (χ4n) is 3.10. The maximum Gasteiger partial charge on any atom is 0.314 e. The van der Waals surface area contributed by atoms with E-state index in [0.717, 1.165) is 27.0 Å². The number of aromatic nitrogens is 5. The number of rotatable bonds is 5. The molecule has 0 aliphatic carbocycles. The van der Waals surface area contributed by atoms with Crippen LogP contribution in [0.2, 0.25) is 0 Å². The molecule has 0 bridgehead atoms. The molecule has 0 amide bonds. The molecule has 0 fully saturated rings. The summed E-state index contributed by atoms with van der Waals surface area (Å²) in [4.78, 5) is 8.80. The molecule has 150 valence electrons. The molecule has 0 spiro atoms. The summed E-state index contributed by atoms with van der Waals surface area (Å²) in [5.41, 5.74) is 10.0. The first-order chi connectivity index (χ1) is 14.5. The van der Waals surface area contributed by atoms with Crippen LogP contribution in [-0.4, -0.2) is 24.7 Å². The quantitative estimate of drug-likeness (QED) is 0.436. The topological polar surface area (TPSA) is 95.7 Å². The average molecular weight is 424 g/mol. The molecule has 30 heavy (non-hydrogen) atoms. The number of anilines is 1. The number of hydrogen-bond acceptors (Lipinski definition) is 7. The second kappa shape index (κ2) is 7.30. The molecule has 0 atom stereocenters. The lowest BCUT2D eigenvalue weighted by atomic mass is 10.1. The standard InChI is InChI=1S/C20H14F2N6OS/c21-17(22)19-27-26-18(29-19)12-3-1-11(2-4-12)8-28-9-15(24-10-28)13-5-6-16-14(7-13)25-20(23)30-16/h1-7,9-10,17H,8H2,(H2,23,25). The van der Waals surface area contributed by atoms with Gasteiger partial charge in [0.15, 0.2) is 5.13 Å². The molecule has 7 nitrogen and oxygen atoms in total. The van der Waals surface area contributed by atoms with E-state index in [1.807, 2.05) is 41.1 Å². The number of nitrogen functional groups attached to an aromatic ring is 1. The van der Waals surface area contributed by atoms with Crippen LogP contribution < -0.4 is 5.73 Å². The zero-order chi connectivity index (χ0) is 20.7. The molecular formula is C20H14F2N6OS. The minimum Gasteiger partial charge on any atom is -0.415 e. The van der Waals surface area contributed by atoms with Gasteiger partial charge in [-0.1, -0.05) is 29.5 Å². The Bertz CT molecular complexity index is 1320. The summed E-state index contributed by atoms with van der Waals surface area (Å²) in [5, 5.41) is 7.55. The lowest BCUT2D eigenvalue weighted by Crippen LogP contribution is -1.96. The number of alkyl halides is 2. The third-order valence-electron chi connectivity index (χ3n) is 4.53. The molecule has 2 N–H and O–H groups in total. The van der Waals surface area contributed by atoms with E-state index in [1.54, 1.807) is 18.5 Å². The number of benzene rings is 2. The first-order valence-corrected chi connectivity index (χ1v) is 9.76. The molecule has 0 saturated heterocycles. The van der Waals surface area contributed by atoms with Crippen LogP contribution in [0.5, 0.6) is 0 Å². The van der Waals surface area contributed by atoms with E-state index in [2.05, 4.69) is 20.2 Å². The van der Waals surface area contributed by atoms with Crippen molar-refractivity contribution >= 4 is 26.7 Å². The number of hydrogen-bond donors (Lipinski definition) is 1. The number of imidazole rings is 1. The Morgan fingerprint density at radius 2 is 1.87 bits per heavy atom. The zero-order valence-corrected chi connectivity index (χ0v) is 16.2. The highest BCUT2D eigenvalue weighted by atomic mass is 32.1. The van der Waals surface area contributed by atoms with Crippen molar-refractivity contribution in [2.75, 3.05) is 5.73 Å². The molecule has 10 heteroatoms. The highest BCUT2D eigenvalue weighted by Crippen LogP contribution is 2.28. The molecule has 5 aromatic rings. The van der Waals surface area contributed by atoms with Gasteiger partial charge in [-0.25, -0.2) is 9.97 Å². The largest absolute Gasteiger partial charge is 0.415 e. The van der Waals surface area contributed by atoms with Crippen molar-refractivity contribution in [3.05, 3.63) is 66.4 Å². The smallest absolute Gasteiger partial charge is 0.314 e. The monoisotopic (exact) mass is 424 g/mol.